The second kappa shape index (κ2) is 12.3. The van der Waals surface area contributed by atoms with Crippen LogP contribution in [0.3, 0.4) is 0 Å². The average Bonchev–Trinajstić information content (AvgIpc) is 3.59. The monoisotopic (exact) mass is 574 g/mol. The normalized spacial score (nSPS) is 17.5. The number of carbonyl (C=O) groups excluding carboxylic acids is 1. The Labute approximate surface area is 237 Å². The van der Waals surface area contributed by atoms with Crippen molar-refractivity contribution in [3.05, 3.63) is 54.7 Å². The van der Waals surface area contributed by atoms with Gasteiger partial charge >= 0.3 is 0 Å². The van der Waals surface area contributed by atoms with E-state index in [-0.39, 0.29) is 48.7 Å². The van der Waals surface area contributed by atoms with E-state index in [1.807, 2.05) is 6.07 Å². The molecule has 0 unspecified atom stereocenters. The number of halogens is 3. The van der Waals surface area contributed by atoms with Gasteiger partial charge in [0.05, 0.1) is 17.5 Å². The smallest absolute Gasteiger partial charge is 0.242 e. The molecular formula is C27H29Cl2FN6O3. The molecule has 2 fully saturated rings. The van der Waals surface area contributed by atoms with Gasteiger partial charge in [-0.3, -0.25) is 4.79 Å². The largest absolute Gasteiger partial charge is 0.437 e. The van der Waals surface area contributed by atoms with Gasteiger partial charge in [-0.15, -0.1) is 24.8 Å². The number of fused-ring (bicyclic) bond motifs is 1. The molecule has 0 saturated carbocycles. The second-order valence-corrected chi connectivity index (χ2v) is 9.48. The zero-order chi connectivity index (χ0) is 25.4. The van der Waals surface area contributed by atoms with Gasteiger partial charge in [0.2, 0.25) is 11.6 Å². The molecule has 1 aromatic carbocycles. The quantitative estimate of drug-likeness (QED) is 0.317. The van der Waals surface area contributed by atoms with Crippen LogP contribution in [0, 0.1) is 5.82 Å². The van der Waals surface area contributed by atoms with Gasteiger partial charge in [-0.2, -0.15) is 0 Å². The van der Waals surface area contributed by atoms with Crippen molar-refractivity contribution in [2.45, 2.75) is 37.8 Å². The third-order valence-corrected chi connectivity index (χ3v) is 7.02. The Morgan fingerprint density at radius 1 is 1.03 bits per heavy atom. The molecule has 1 amide bonds. The molecule has 6 rings (SSSR count). The summed E-state index contributed by atoms with van der Waals surface area (Å²) in [5.41, 5.74) is 2.60. The second-order valence-electron chi connectivity index (χ2n) is 9.48. The summed E-state index contributed by atoms with van der Waals surface area (Å²) < 4.78 is 20.1. The van der Waals surface area contributed by atoms with Crippen molar-refractivity contribution in [2.75, 3.05) is 29.9 Å². The highest BCUT2D eigenvalue weighted by atomic mass is 35.5. The summed E-state index contributed by atoms with van der Waals surface area (Å²) >= 11 is 0. The van der Waals surface area contributed by atoms with Crippen LogP contribution >= 0.6 is 24.8 Å². The van der Waals surface area contributed by atoms with Crippen LogP contribution in [-0.2, 0) is 4.79 Å². The molecule has 2 aliphatic rings. The predicted molar refractivity (Wildman–Crippen MR) is 152 cm³/mol. The Morgan fingerprint density at radius 3 is 2.44 bits per heavy atom. The third-order valence-electron chi connectivity index (χ3n) is 7.02. The van der Waals surface area contributed by atoms with Gasteiger partial charge in [-0.1, -0.05) is 12.1 Å². The summed E-state index contributed by atoms with van der Waals surface area (Å²) in [6.07, 6.45) is 5.88. The molecule has 0 bridgehead atoms. The molecule has 0 spiro atoms. The summed E-state index contributed by atoms with van der Waals surface area (Å²) in [6.45, 7) is 2.15. The van der Waals surface area contributed by atoms with Gasteiger partial charge in [0.1, 0.15) is 29.5 Å². The number of anilines is 2. The number of pyridine rings is 1. The fraction of sp³-hybridized carbons (Fsp3) is 0.333. The van der Waals surface area contributed by atoms with E-state index in [0.717, 1.165) is 35.9 Å². The minimum absolute atomic E-state index is 0. The van der Waals surface area contributed by atoms with Crippen LogP contribution in [0.5, 0.6) is 0 Å². The van der Waals surface area contributed by atoms with E-state index in [4.69, 9.17) is 4.42 Å². The molecule has 3 aromatic heterocycles. The average molecular weight is 575 g/mol. The molecular weight excluding hydrogens is 546 g/mol. The summed E-state index contributed by atoms with van der Waals surface area (Å²) in [6, 6.07) is 9.60. The third kappa shape index (κ3) is 5.84. The van der Waals surface area contributed by atoms with Crippen molar-refractivity contribution in [1.29, 1.82) is 0 Å². The van der Waals surface area contributed by atoms with Crippen LogP contribution < -0.4 is 15.5 Å². The lowest BCUT2D eigenvalue weighted by Crippen LogP contribution is -2.36. The number of hydrogen-bond acceptors (Lipinski definition) is 8. The highest BCUT2D eigenvalue weighted by molar-refractivity contribution is 6.06. The van der Waals surface area contributed by atoms with Crippen molar-refractivity contribution in [3.63, 3.8) is 0 Å². The van der Waals surface area contributed by atoms with Crippen LogP contribution in [0.2, 0.25) is 0 Å². The van der Waals surface area contributed by atoms with Gasteiger partial charge in [0.25, 0.3) is 0 Å². The number of rotatable bonds is 5. The summed E-state index contributed by atoms with van der Waals surface area (Å²) in [5, 5.41) is 16.8. The van der Waals surface area contributed by atoms with Crippen molar-refractivity contribution >= 4 is 53.5 Å². The Morgan fingerprint density at radius 2 is 1.77 bits per heavy atom. The SMILES string of the molecule is Cl.Cl.O=C(Nc1ccc(-c2oc3ncnc(N4CCC(O)CC4)c3c2-c2ccc(F)cc2)cn1)[C@H]1CCCN1. The molecule has 39 heavy (non-hydrogen) atoms. The first-order chi connectivity index (χ1) is 18.1. The number of aliphatic hydroxyl groups is 1. The highest BCUT2D eigenvalue weighted by Gasteiger charge is 2.27. The standard InChI is InChI=1S/C27H27FN6O3.2ClH/c28-18-6-3-16(4-7-18)22-23-25(34-12-9-19(35)10-13-34)31-15-32-27(23)37-24(22)17-5-8-21(30-14-17)33-26(36)20-2-1-11-29-20;;/h3-8,14-15,19-20,29,35H,1-2,9-13H2,(H,30,33,36);2*1H/t20-;;/m1../s1. The van der Waals surface area contributed by atoms with Crippen LogP contribution in [0.4, 0.5) is 16.0 Å². The first kappa shape index (κ1) is 28.7. The van der Waals surface area contributed by atoms with E-state index in [1.54, 1.807) is 24.4 Å². The van der Waals surface area contributed by atoms with Gasteiger partial charge in [-0.25, -0.2) is 19.3 Å². The topological polar surface area (TPSA) is 116 Å². The highest BCUT2D eigenvalue weighted by Crippen LogP contribution is 2.43. The minimum Gasteiger partial charge on any atom is -0.437 e. The number of nitrogens with zero attached hydrogens (tertiary/aromatic N) is 4. The van der Waals surface area contributed by atoms with E-state index in [2.05, 4.69) is 30.5 Å². The molecule has 5 heterocycles. The molecule has 0 aliphatic carbocycles. The fourth-order valence-electron chi connectivity index (χ4n) is 5.05. The lowest BCUT2D eigenvalue weighted by molar-refractivity contribution is -0.117. The van der Waals surface area contributed by atoms with Crippen molar-refractivity contribution in [1.82, 2.24) is 20.3 Å². The number of furan rings is 1. The Balaban J connectivity index is 0.00000176. The molecule has 206 valence electrons. The molecule has 2 aliphatic heterocycles. The van der Waals surface area contributed by atoms with E-state index in [0.29, 0.717) is 54.6 Å². The molecule has 1 atom stereocenters. The number of nitrogens with one attached hydrogen (secondary N) is 2. The molecule has 9 nitrogen and oxygen atoms in total. The summed E-state index contributed by atoms with van der Waals surface area (Å²) in [5.74, 6) is 1.27. The number of aromatic nitrogens is 3. The maximum atomic E-state index is 13.8. The van der Waals surface area contributed by atoms with E-state index >= 15 is 0 Å². The van der Waals surface area contributed by atoms with Crippen molar-refractivity contribution < 1.29 is 18.7 Å². The van der Waals surface area contributed by atoms with Crippen LogP contribution in [0.25, 0.3) is 33.6 Å². The Hall–Kier alpha value is -3.31. The maximum absolute atomic E-state index is 13.8. The molecule has 2 saturated heterocycles. The first-order valence-corrected chi connectivity index (χ1v) is 12.5. The van der Waals surface area contributed by atoms with E-state index in [1.165, 1.54) is 18.5 Å². The summed E-state index contributed by atoms with van der Waals surface area (Å²) in [7, 11) is 0. The number of amides is 1. The number of aliphatic hydroxyl groups excluding tert-OH is 1. The van der Waals surface area contributed by atoms with Gasteiger partial charge in [-0.05, 0) is 62.1 Å². The van der Waals surface area contributed by atoms with E-state index < -0.39 is 0 Å². The van der Waals surface area contributed by atoms with Crippen LogP contribution in [0.1, 0.15) is 25.7 Å². The Bertz CT molecular complexity index is 1420. The van der Waals surface area contributed by atoms with Gasteiger partial charge in [0.15, 0.2) is 0 Å². The van der Waals surface area contributed by atoms with Gasteiger partial charge in [0, 0.05) is 30.4 Å². The number of hydrogen-bond donors (Lipinski definition) is 3. The number of carbonyl (C=O) groups is 1. The van der Waals surface area contributed by atoms with Crippen LogP contribution in [0.15, 0.2) is 53.3 Å². The van der Waals surface area contributed by atoms with Crippen molar-refractivity contribution in [2.24, 2.45) is 0 Å². The lowest BCUT2D eigenvalue weighted by Gasteiger charge is -2.30. The van der Waals surface area contributed by atoms with E-state index in [9.17, 15) is 14.3 Å². The number of benzene rings is 1. The van der Waals surface area contributed by atoms with Crippen molar-refractivity contribution in [3.8, 4) is 22.5 Å². The zero-order valence-electron chi connectivity index (χ0n) is 21.0. The fourth-order valence-corrected chi connectivity index (χ4v) is 5.05. The molecule has 12 heteroatoms. The molecule has 0 radical (unpaired) electrons. The first-order valence-electron chi connectivity index (χ1n) is 12.5. The summed E-state index contributed by atoms with van der Waals surface area (Å²) in [4.78, 5) is 28.0. The Kier molecular flexibility index (Phi) is 9.01. The maximum Gasteiger partial charge on any atom is 0.242 e. The minimum atomic E-state index is -0.335. The van der Waals surface area contributed by atoms with Gasteiger partial charge < -0.3 is 25.1 Å². The zero-order valence-corrected chi connectivity index (χ0v) is 22.6. The number of piperidine rings is 1. The van der Waals surface area contributed by atoms with Crippen LogP contribution in [-0.4, -0.2) is 57.7 Å². The lowest BCUT2D eigenvalue weighted by atomic mass is 9.99. The molecule has 4 aromatic rings. The molecule has 3 N–H and O–H groups in total. The predicted octanol–water partition coefficient (Wildman–Crippen LogP) is 4.59.